The quantitative estimate of drug-likeness (QED) is 0.313. The van der Waals surface area contributed by atoms with Crippen molar-refractivity contribution in [1.82, 2.24) is 19.1 Å². The number of nitrogens with one attached hydrogen (secondary N) is 1. The van der Waals surface area contributed by atoms with E-state index in [-0.39, 0.29) is 22.7 Å². The Hall–Kier alpha value is -3.92. The molecule has 0 atom stereocenters. The van der Waals surface area contributed by atoms with Gasteiger partial charge in [0.15, 0.2) is 11.5 Å². The van der Waals surface area contributed by atoms with E-state index in [0.717, 1.165) is 22.7 Å². The third kappa shape index (κ3) is 4.97. The first-order valence-electron chi connectivity index (χ1n) is 11.0. The van der Waals surface area contributed by atoms with Gasteiger partial charge in [0.2, 0.25) is 5.91 Å². The van der Waals surface area contributed by atoms with Crippen LogP contribution in [0.1, 0.15) is 12.5 Å². The minimum atomic E-state index is -0.515. The summed E-state index contributed by atoms with van der Waals surface area (Å²) >= 11 is 1.12. The Kier molecular flexibility index (Phi) is 7.02. The molecule has 0 aliphatic heterocycles. The topological polar surface area (TPSA) is 108 Å². The summed E-state index contributed by atoms with van der Waals surface area (Å²) in [5.74, 6) is 0.714. The number of benzene rings is 2. The van der Waals surface area contributed by atoms with Gasteiger partial charge in [-0.1, -0.05) is 43.0 Å². The van der Waals surface area contributed by atoms with Gasteiger partial charge in [0.1, 0.15) is 16.2 Å². The lowest BCUT2D eigenvalue weighted by Gasteiger charge is -2.12. The van der Waals surface area contributed by atoms with E-state index in [9.17, 15) is 14.4 Å². The lowest BCUT2D eigenvalue weighted by Crippen LogP contribution is -2.37. The maximum absolute atomic E-state index is 13.0. The average molecular weight is 492 g/mol. The van der Waals surface area contributed by atoms with Crippen LogP contribution in [0.3, 0.4) is 0 Å². The zero-order chi connectivity index (χ0) is 25.1. The zero-order valence-electron chi connectivity index (χ0n) is 19.9. The number of hydrogen-bond acceptors (Lipinski definition) is 7. The van der Waals surface area contributed by atoms with Crippen LogP contribution in [-0.2, 0) is 25.3 Å². The van der Waals surface area contributed by atoms with Gasteiger partial charge >= 0.3 is 5.69 Å². The van der Waals surface area contributed by atoms with Crippen LogP contribution < -0.4 is 21.3 Å². The second-order valence-corrected chi connectivity index (χ2v) is 8.84. The van der Waals surface area contributed by atoms with E-state index < -0.39 is 11.2 Å². The second kappa shape index (κ2) is 10.1. The van der Waals surface area contributed by atoms with Crippen molar-refractivity contribution in [3.05, 3.63) is 74.9 Å². The number of carbonyl (C=O) groups excluding carboxylic acids is 1. The Balaban J connectivity index is 1.73. The van der Waals surface area contributed by atoms with E-state index in [1.807, 2.05) is 30.3 Å². The number of aromatic nitrogens is 4. The molecule has 0 unspecified atom stereocenters. The molecule has 0 bridgehead atoms. The van der Waals surface area contributed by atoms with Crippen LogP contribution in [0.4, 0.5) is 5.69 Å². The lowest BCUT2D eigenvalue weighted by molar-refractivity contribution is -0.113. The van der Waals surface area contributed by atoms with Crippen LogP contribution in [0.2, 0.25) is 0 Å². The van der Waals surface area contributed by atoms with Gasteiger partial charge in [-0.05, 0) is 36.2 Å². The number of methoxy groups -OCH3 is 1. The molecule has 2 heterocycles. The van der Waals surface area contributed by atoms with Gasteiger partial charge in [-0.2, -0.15) is 0 Å². The molecule has 0 saturated carbocycles. The number of ether oxygens (including phenoxy) is 1. The molecule has 0 aliphatic carbocycles. The molecule has 1 amide bonds. The third-order valence-corrected chi connectivity index (χ3v) is 6.56. The van der Waals surface area contributed by atoms with Crippen molar-refractivity contribution >= 4 is 34.4 Å². The van der Waals surface area contributed by atoms with Gasteiger partial charge in [0, 0.05) is 25.3 Å². The van der Waals surface area contributed by atoms with Crippen molar-refractivity contribution < 1.29 is 9.53 Å². The number of anilines is 1. The number of hydrogen-bond donors (Lipinski definition) is 1. The van der Waals surface area contributed by atoms with E-state index in [4.69, 9.17) is 4.74 Å². The third-order valence-electron chi connectivity index (χ3n) is 5.58. The van der Waals surface area contributed by atoms with Crippen LogP contribution in [0, 0.1) is 0 Å². The maximum atomic E-state index is 13.0. The van der Waals surface area contributed by atoms with Crippen LogP contribution in [0.5, 0.6) is 5.75 Å². The molecule has 35 heavy (non-hydrogen) atoms. The number of amides is 1. The monoisotopic (exact) mass is 491 g/mol. The highest BCUT2D eigenvalue weighted by Crippen LogP contribution is 2.27. The molecule has 2 aromatic carbocycles. The lowest BCUT2D eigenvalue weighted by atomic mass is 10.1. The molecule has 180 valence electrons. The maximum Gasteiger partial charge on any atom is 0.332 e. The fourth-order valence-corrected chi connectivity index (χ4v) is 4.39. The van der Waals surface area contributed by atoms with Gasteiger partial charge in [-0.15, -0.1) is 0 Å². The van der Waals surface area contributed by atoms with Crippen molar-refractivity contribution in [2.24, 2.45) is 14.1 Å². The standard InChI is InChI=1S/C25H25N5O4S/c1-5-15-9-11-17(12-10-15)26-19(31)14-35-23-20-22(29(2)25(33)30(3)24(20)32)27-21(28-23)16-7-6-8-18(13-16)34-4/h6-13H,5,14H2,1-4H3,(H,26,31). The van der Waals surface area contributed by atoms with Gasteiger partial charge < -0.3 is 10.1 Å². The molecule has 0 spiro atoms. The van der Waals surface area contributed by atoms with Gasteiger partial charge in [0.05, 0.1) is 12.9 Å². The summed E-state index contributed by atoms with van der Waals surface area (Å²) in [5.41, 5.74) is 1.71. The van der Waals surface area contributed by atoms with E-state index in [2.05, 4.69) is 22.2 Å². The first-order valence-corrected chi connectivity index (χ1v) is 11.9. The Bertz CT molecular complexity index is 1530. The molecule has 4 rings (SSSR count). The van der Waals surface area contributed by atoms with Crippen molar-refractivity contribution in [2.75, 3.05) is 18.2 Å². The molecular formula is C25H25N5O4S. The number of nitrogens with zero attached hydrogens (tertiary/aromatic N) is 4. The van der Waals surface area contributed by atoms with Gasteiger partial charge in [-0.25, -0.2) is 14.8 Å². The van der Waals surface area contributed by atoms with Crippen LogP contribution in [0.25, 0.3) is 22.4 Å². The van der Waals surface area contributed by atoms with E-state index in [1.165, 1.54) is 17.2 Å². The van der Waals surface area contributed by atoms with Gasteiger partial charge in [-0.3, -0.25) is 18.7 Å². The first-order chi connectivity index (χ1) is 16.8. The minimum absolute atomic E-state index is 0.0190. The van der Waals surface area contributed by atoms with E-state index >= 15 is 0 Å². The van der Waals surface area contributed by atoms with E-state index in [1.54, 1.807) is 32.4 Å². The molecule has 0 fully saturated rings. The number of fused-ring (bicyclic) bond motifs is 1. The average Bonchev–Trinajstić information content (AvgIpc) is 2.89. The molecule has 9 nitrogen and oxygen atoms in total. The summed E-state index contributed by atoms with van der Waals surface area (Å²) < 4.78 is 7.62. The van der Waals surface area contributed by atoms with Crippen LogP contribution in [0.15, 0.2) is 63.1 Å². The summed E-state index contributed by atoms with van der Waals surface area (Å²) in [6.07, 6.45) is 0.915. The first kappa shape index (κ1) is 24.2. The molecule has 0 radical (unpaired) electrons. The van der Waals surface area contributed by atoms with E-state index in [0.29, 0.717) is 27.9 Å². The minimum Gasteiger partial charge on any atom is -0.497 e. The van der Waals surface area contributed by atoms with Crippen LogP contribution in [-0.4, -0.2) is 37.9 Å². The number of carbonyl (C=O) groups is 1. The molecule has 0 aliphatic rings. The molecule has 10 heteroatoms. The fraction of sp³-hybridized carbons (Fsp3) is 0.240. The number of rotatable bonds is 7. The predicted molar refractivity (Wildman–Crippen MR) is 137 cm³/mol. The largest absolute Gasteiger partial charge is 0.497 e. The molecule has 0 saturated heterocycles. The Morgan fingerprint density at radius 2 is 1.80 bits per heavy atom. The van der Waals surface area contributed by atoms with Crippen molar-refractivity contribution in [3.8, 4) is 17.1 Å². The van der Waals surface area contributed by atoms with Crippen molar-refractivity contribution in [3.63, 3.8) is 0 Å². The molecular weight excluding hydrogens is 466 g/mol. The van der Waals surface area contributed by atoms with Crippen molar-refractivity contribution in [2.45, 2.75) is 18.4 Å². The van der Waals surface area contributed by atoms with Crippen molar-refractivity contribution in [1.29, 1.82) is 0 Å². The summed E-state index contributed by atoms with van der Waals surface area (Å²) in [6, 6.07) is 14.8. The Morgan fingerprint density at radius 1 is 1.06 bits per heavy atom. The predicted octanol–water partition coefficient (Wildman–Crippen LogP) is 3.00. The van der Waals surface area contributed by atoms with Gasteiger partial charge in [0.25, 0.3) is 5.56 Å². The SMILES string of the molecule is CCc1ccc(NC(=O)CSc2nc(-c3cccc(OC)c3)nc3c2c(=O)n(C)c(=O)n3C)cc1. The fourth-order valence-electron chi connectivity index (χ4n) is 3.58. The molecule has 4 aromatic rings. The number of aryl methyl sites for hydroxylation is 2. The number of thioether (sulfide) groups is 1. The Morgan fingerprint density at radius 3 is 2.49 bits per heavy atom. The summed E-state index contributed by atoms with van der Waals surface area (Å²) in [6.45, 7) is 2.07. The summed E-state index contributed by atoms with van der Waals surface area (Å²) in [4.78, 5) is 47.3. The highest BCUT2D eigenvalue weighted by molar-refractivity contribution is 8.00. The highest BCUT2D eigenvalue weighted by Gasteiger charge is 2.19. The van der Waals surface area contributed by atoms with Crippen LogP contribution >= 0.6 is 11.8 Å². The molecule has 1 N–H and O–H groups in total. The zero-order valence-corrected chi connectivity index (χ0v) is 20.7. The smallest absolute Gasteiger partial charge is 0.332 e. The highest BCUT2D eigenvalue weighted by atomic mass is 32.2. The molecule has 2 aromatic heterocycles. The summed E-state index contributed by atoms with van der Waals surface area (Å²) in [5, 5.41) is 3.37. The Labute approximate surface area is 205 Å². The summed E-state index contributed by atoms with van der Waals surface area (Å²) in [7, 11) is 4.51. The normalized spacial score (nSPS) is 11.0. The second-order valence-electron chi connectivity index (χ2n) is 7.88.